The van der Waals surface area contributed by atoms with Gasteiger partial charge in [-0.2, -0.15) is 11.3 Å². The topological polar surface area (TPSA) is 77.6 Å². The molecular formula is C16H18N6OS. The maximum atomic E-state index is 12.1. The fourth-order valence-electron chi connectivity index (χ4n) is 3.02. The van der Waals surface area contributed by atoms with E-state index in [1.165, 1.54) is 11.3 Å². The van der Waals surface area contributed by atoms with E-state index < -0.39 is 0 Å². The average molecular weight is 342 g/mol. The molecule has 8 heteroatoms. The van der Waals surface area contributed by atoms with Crippen LogP contribution in [0.1, 0.15) is 40.8 Å². The first kappa shape index (κ1) is 15.1. The van der Waals surface area contributed by atoms with Crippen LogP contribution in [-0.2, 0) is 13.6 Å². The summed E-state index contributed by atoms with van der Waals surface area (Å²) in [4.78, 5) is 16.1. The van der Waals surface area contributed by atoms with Crippen LogP contribution in [0.4, 0.5) is 0 Å². The summed E-state index contributed by atoms with van der Waals surface area (Å²) in [7, 11) is 2.00. The minimum Gasteiger partial charge on any atom is -0.349 e. The van der Waals surface area contributed by atoms with Gasteiger partial charge in [0.1, 0.15) is 5.82 Å². The van der Waals surface area contributed by atoms with E-state index in [1.807, 2.05) is 34.6 Å². The molecule has 1 saturated carbocycles. The number of carbonyl (C=O) groups excluding carboxylic acids is 1. The fraction of sp³-hybridized carbons (Fsp3) is 0.375. The van der Waals surface area contributed by atoms with Gasteiger partial charge in [0, 0.05) is 42.3 Å². The van der Waals surface area contributed by atoms with Crippen LogP contribution < -0.4 is 5.32 Å². The molecule has 7 nitrogen and oxygen atoms in total. The number of imidazole rings is 1. The molecule has 1 fully saturated rings. The molecule has 3 aromatic rings. The van der Waals surface area contributed by atoms with Gasteiger partial charge in [-0.3, -0.25) is 4.79 Å². The van der Waals surface area contributed by atoms with E-state index in [4.69, 9.17) is 0 Å². The number of rotatable bonds is 5. The van der Waals surface area contributed by atoms with Crippen molar-refractivity contribution >= 4 is 17.2 Å². The van der Waals surface area contributed by atoms with Gasteiger partial charge >= 0.3 is 0 Å². The van der Waals surface area contributed by atoms with Crippen LogP contribution in [0.3, 0.4) is 0 Å². The average Bonchev–Trinajstić information content (AvgIpc) is 3.27. The number of aromatic nitrogens is 5. The highest BCUT2D eigenvalue weighted by Crippen LogP contribution is 2.36. The predicted molar refractivity (Wildman–Crippen MR) is 89.9 cm³/mol. The van der Waals surface area contributed by atoms with E-state index in [0.29, 0.717) is 12.5 Å². The van der Waals surface area contributed by atoms with Gasteiger partial charge in [-0.05, 0) is 24.3 Å². The predicted octanol–water partition coefficient (Wildman–Crippen LogP) is 1.80. The van der Waals surface area contributed by atoms with E-state index in [0.717, 1.165) is 30.1 Å². The van der Waals surface area contributed by atoms with Crippen molar-refractivity contribution in [1.29, 1.82) is 0 Å². The minimum atomic E-state index is 0.0125. The maximum absolute atomic E-state index is 12.1. The Kier molecular flexibility index (Phi) is 3.89. The molecule has 0 aromatic carbocycles. The SMILES string of the molecule is Cn1c(Cn2ccnc2)nnc1C1CC(NC(=O)c2ccsc2)C1. The second kappa shape index (κ2) is 6.20. The number of thiophene rings is 1. The molecule has 1 N–H and O–H groups in total. The molecule has 3 aromatic heterocycles. The molecule has 3 heterocycles. The third-order valence-corrected chi connectivity index (χ3v) is 5.19. The highest BCUT2D eigenvalue weighted by molar-refractivity contribution is 7.08. The Hall–Kier alpha value is -2.48. The van der Waals surface area contributed by atoms with Gasteiger partial charge in [0.25, 0.3) is 5.91 Å². The van der Waals surface area contributed by atoms with Crippen LogP contribution in [0.2, 0.25) is 0 Å². The fourth-order valence-corrected chi connectivity index (χ4v) is 3.66. The Balaban J connectivity index is 1.35. The van der Waals surface area contributed by atoms with Crippen molar-refractivity contribution < 1.29 is 4.79 Å². The molecule has 0 bridgehead atoms. The third kappa shape index (κ3) is 2.84. The van der Waals surface area contributed by atoms with Crippen molar-refractivity contribution in [2.75, 3.05) is 0 Å². The normalized spacial score (nSPS) is 19.9. The highest BCUT2D eigenvalue weighted by Gasteiger charge is 2.35. The van der Waals surface area contributed by atoms with Crippen molar-refractivity contribution in [1.82, 2.24) is 29.6 Å². The number of nitrogens with zero attached hydrogens (tertiary/aromatic N) is 5. The zero-order chi connectivity index (χ0) is 16.5. The number of hydrogen-bond donors (Lipinski definition) is 1. The number of carbonyl (C=O) groups is 1. The molecule has 0 radical (unpaired) electrons. The lowest BCUT2D eigenvalue weighted by Crippen LogP contribution is -2.43. The Morgan fingerprint density at radius 1 is 1.42 bits per heavy atom. The molecule has 1 amide bonds. The van der Waals surface area contributed by atoms with Crippen LogP contribution in [0.15, 0.2) is 35.5 Å². The lowest BCUT2D eigenvalue weighted by atomic mass is 9.79. The Morgan fingerprint density at radius 3 is 3.00 bits per heavy atom. The molecule has 0 unspecified atom stereocenters. The molecule has 24 heavy (non-hydrogen) atoms. The first-order chi connectivity index (χ1) is 11.7. The van der Waals surface area contributed by atoms with Crippen molar-refractivity contribution in [2.24, 2.45) is 7.05 Å². The summed E-state index contributed by atoms with van der Waals surface area (Å²) in [6.45, 7) is 0.661. The highest BCUT2D eigenvalue weighted by atomic mass is 32.1. The maximum Gasteiger partial charge on any atom is 0.252 e. The number of amides is 1. The molecule has 0 atom stereocenters. The van der Waals surface area contributed by atoms with Crippen LogP contribution in [0, 0.1) is 0 Å². The van der Waals surface area contributed by atoms with E-state index in [1.54, 1.807) is 12.5 Å². The van der Waals surface area contributed by atoms with Gasteiger partial charge in [-0.1, -0.05) is 0 Å². The molecule has 4 rings (SSSR count). The van der Waals surface area contributed by atoms with Gasteiger partial charge in [0.15, 0.2) is 5.82 Å². The van der Waals surface area contributed by atoms with Gasteiger partial charge in [-0.25, -0.2) is 4.98 Å². The molecule has 0 aliphatic heterocycles. The zero-order valence-corrected chi connectivity index (χ0v) is 14.1. The lowest BCUT2D eigenvalue weighted by molar-refractivity contribution is 0.0907. The van der Waals surface area contributed by atoms with Crippen LogP contribution in [-0.4, -0.2) is 36.3 Å². The summed E-state index contributed by atoms with van der Waals surface area (Å²) in [6, 6.07) is 2.07. The molecule has 124 valence electrons. The summed E-state index contributed by atoms with van der Waals surface area (Å²) in [5, 5.41) is 15.5. The smallest absolute Gasteiger partial charge is 0.252 e. The van der Waals surface area contributed by atoms with Crippen LogP contribution >= 0.6 is 11.3 Å². The van der Waals surface area contributed by atoms with E-state index in [9.17, 15) is 4.79 Å². The van der Waals surface area contributed by atoms with Crippen LogP contribution in [0.25, 0.3) is 0 Å². The molecule has 1 aliphatic carbocycles. The van der Waals surface area contributed by atoms with Crippen molar-refractivity contribution in [2.45, 2.75) is 31.3 Å². The Bertz CT molecular complexity index is 817. The van der Waals surface area contributed by atoms with Crippen molar-refractivity contribution in [3.05, 3.63) is 52.8 Å². The first-order valence-corrected chi connectivity index (χ1v) is 8.82. The standard InChI is InChI=1S/C16H18N6OS/c1-21-14(8-22-4-3-17-10-22)19-20-15(21)12-6-13(7-12)18-16(23)11-2-5-24-9-11/h2-5,9-10,12-13H,6-8H2,1H3,(H,18,23). The summed E-state index contributed by atoms with van der Waals surface area (Å²) < 4.78 is 4.03. The van der Waals surface area contributed by atoms with E-state index in [-0.39, 0.29) is 11.9 Å². The lowest BCUT2D eigenvalue weighted by Gasteiger charge is -2.35. The second-order valence-electron chi connectivity index (χ2n) is 6.12. The Morgan fingerprint density at radius 2 is 2.29 bits per heavy atom. The minimum absolute atomic E-state index is 0.0125. The summed E-state index contributed by atoms with van der Waals surface area (Å²) in [5.41, 5.74) is 0.740. The third-order valence-electron chi connectivity index (χ3n) is 4.50. The quantitative estimate of drug-likeness (QED) is 0.767. The number of hydrogen-bond acceptors (Lipinski definition) is 5. The molecule has 0 spiro atoms. The molecule has 0 saturated heterocycles. The van der Waals surface area contributed by atoms with E-state index in [2.05, 4.69) is 25.1 Å². The van der Waals surface area contributed by atoms with Gasteiger partial charge < -0.3 is 14.5 Å². The first-order valence-electron chi connectivity index (χ1n) is 7.87. The molecule has 1 aliphatic rings. The summed E-state index contributed by atoms with van der Waals surface area (Å²) in [5.74, 6) is 2.27. The van der Waals surface area contributed by atoms with Gasteiger partial charge in [0.05, 0.1) is 12.9 Å². The largest absolute Gasteiger partial charge is 0.349 e. The Labute approximate surface area is 143 Å². The monoisotopic (exact) mass is 342 g/mol. The summed E-state index contributed by atoms with van der Waals surface area (Å²) >= 11 is 1.54. The van der Waals surface area contributed by atoms with Gasteiger partial charge in [0.2, 0.25) is 0 Å². The summed E-state index contributed by atoms with van der Waals surface area (Å²) in [6.07, 6.45) is 7.26. The van der Waals surface area contributed by atoms with Crippen molar-refractivity contribution in [3.8, 4) is 0 Å². The van der Waals surface area contributed by atoms with Crippen LogP contribution in [0.5, 0.6) is 0 Å². The van der Waals surface area contributed by atoms with E-state index >= 15 is 0 Å². The number of nitrogens with one attached hydrogen (secondary N) is 1. The van der Waals surface area contributed by atoms with Crippen molar-refractivity contribution in [3.63, 3.8) is 0 Å². The molecular weight excluding hydrogens is 324 g/mol. The second-order valence-corrected chi connectivity index (χ2v) is 6.90. The van der Waals surface area contributed by atoms with Gasteiger partial charge in [-0.15, -0.1) is 10.2 Å². The zero-order valence-electron chi connectivity index (χ0n) is 13.3.